The van der Waals surface area contributed by atoms with E-state index >= 15 is 0 Å². The molecule has 110 valence electrons. The lowest BCUT2D eigenvalue weighted by Crippen LogP contribution is -2.58. The highest BCUT2D eigenvalue weighted by molar-refractivity contribution is 9.10. The Hall–Kier alpha value is -0.420. The number of benzene rings is 1. The number of likely N-dealkylation sites (N-methyl/N-ethyl adjacent to an activating group) is 1. The summed E-state index contributed by atoms with van der Waals surface area (Å²) in [6.07, 6.45) is 3.84. The van der Waals surface area contributed by atoms with Gasteiger partial charge in [-0.2, -0.15) is 0 Å². The quantitative estimate of drug-likeness (QED) is 0.915. The van der Waals surface area contributed by atoms with E-state index in [9.17, 15) is 0 Å². The lowest BCUT2D eigenvalue weighted by molar-refractivity contribution is 0.0839. The SMILES string of the molecule is CN(Cc1ccccc1Br)C1(CN)CCN2CCCC21. The molecule has 2 unspecified atom stereocenters. The predicted molar refractivity (Wildman–Crippen MR) is 86.6 cm³/mol. The number of rotatable bonds is 4. The molecule has 20 heavy (non-hydrogen) atoms. The number of nitrogens with two attached hydrogens (primary N) is 1. The highest BCUT2D eigenvalue weighted by Crippen LogP contribution is 2.39. The summed E-state index contributed by atoms with van der Waals surface area (Å²) in [6, 6.07) is 9.15. The molecule has 3 nitrogen and oxygen atoms in total. The van der Waals surface area contributed by atoms with Gasteiger partial charge in [-0.25, -0.2) is 0 Å². The van der Waals surface area contributed by atoms with Crippen molar-refractivity contribution in [2.24, 2.45) is 5.73 Å². The average molecular weight is 338 g/mol. The van der Waals surface area contributed by atoms with Gasteiger partial charge in [-0.3, -0.25) is 9.80 Å². The van der Waals surface area contributed by atoms with Gasteiger partial charge in [0.25, 0.3) is 0 Å². The third-order valence-corrected chi connectivity index (χ3v) is 6.07. The van der Waals surface area contributed by atoms with Crippen LogP contribution in [0.4, 0.5) is 0 Å². The maximum Gasteiger partial charge on any atom is 0.0499 e. The van der Waals surface area contributed by atoms with Crippen molar-refractivity contribution in [3.63, 3.8) is 0 Å². The van der Waals surface area contributed by atoms with Crippen molar-refractivity contribution in [3.8, 4) is 0 Å². The summed E-state index contributed by atoms with van der Waals surface area (Å²) in [6.45, 7) is 4.19. The van der Waals surface area contributed by atoms with E-state index in [1.807, 2.05) is 0 Å². The van der Waals surface area contributed by atoms with E-state index in [-0.39, 0.29) is 5.54 Å². The molecule has 2 saturated heterocycles. The van der Waals surface area contributed by atoms with Gasteiger partial charge in [0.05, 0.1) is 0 Å². The lowest BCUT2D eigenvalue weighted by Gasteiger charge is -2.42. The Morgan fingerprint density at radius 3 is 2.95 bits per heavy atom. The van der Waals surface area contributed by atoms with Gasteiger partial charge in [-0.1, -0.05) is 34.1 Å². The van der Waals surface area contributed by atoms with Crippen LogP contribution >= 0.6 is 15.9 Å². The third kappa shape index (κ3) is 2.33. The Kier molecular flexibility index (Phi) is 4.18. The van der Waals surface area contributed by atoms with Crippen LogP contribution in [0, 0.1) is 0 Å². The minimum Gasteiger partial charge on any atom is -0.329 e. The standard InChI is InChI=1S/C16H24BrN3/c1-19(11-13-5-2-3-6-14(13)17)16(12-18)8-10-20-9-4-7-15(16)20/h2-3,5-6,15H,4,7-12,18H2,1H3. The van der Waals surface area contributed by atoms with Crippen molar-refractivity contribution < 1.29 is 0 Å². The van der Waals surface area contributed by atoms with Gasteiger partial charge in [-0.05, 0) is 44.5 Å². The van der Waals surface area contributed by atoms with Gasteiger partial charge in [0.15, 0.2) is 0 Å². The lowest BCUT2D eigenvalue weighted by atomic mass is 9.86. The molecule has 2 atom stereocenters. The fourth-order valence-corrected chi connectivity index (χ4v) is 4.50. The van der Waals surface area contributed by atoms with Gasteiger partial charge in [-0.15, -0.1) is 0 Å². The van der Waals surface area contributed by atoms with Crippen LogP contribution in [0.1, 0.15) is 24.8 Å². The second-order valence-corrected chi connectivity index (χ2v) is 7.05. The Labute approximate surface area is 130 Å². The number of fused-ring (bicyclic) bond motifs is 1. The van der Waals surface area contributed by atoms with Crippen LogP contribution in [0.2, 0.25) is 0 Å². The minimum atomic E-state index is 0.159. The Morgan fingerprint density at radius 1 is 1.40 bits per heavy atom. The summed E-state index contributed by atoms with van der Waals surface area (Å²) in [5.74, 6) is 0. The summed E-state index contributed by atoms with van der Waals surface area (Å²) < 4.78 is 1.19. The third-order valence-electron chi connectivity index (χ3n) is 5.29. The van der Waals surface area contributed by atoms with Crippen LogP contribution in [-0.4, -0.2) is 48.1 Å². The first-order valence-electron chi connectivity index (χ1n) is 7.56. The van der Waals surface area contributed by atoms with Crippen molar-refractivity contribution in [2.75, 3.05) is 26.7 Å². The maximum atomic E-state index is 6.24. The Morgan fingerprint density at radius 2 is 2.20 bits per heavy atom. The number of halogens is 1. The molecule has 0 spiro atoms. The number of nitrogens with zero attached hydrogens (tertiary/aromatic N) is 2. The first-order chi connectivity index (χ1) is 9.67. The van der Waals surface area contributed by atoms with E-state index < -0.39 is 0 Å². The van der Waals surface area contributed by atoms with E-state index in [2.05, 4.69) is 57.0 Å². The van der Waals surface area contributed by atoms with Gasteiger partial charge < -0.3 is 5.73 Å². The van der Waals surface area contributed by atoms with Crippen molar-refractivity contribution in [2.45, 2.75) is 37.4 Å². The first-order valence-corrected chi connectivity index (χ1v) is 8.35. The van der Waals surface area contributed by atoms with Crippen LogP contribution in [0.3, 0.4) is 0 Å². The molecular formula is C16H24BrN3. The molecule has 0 saturated carbocycles. The van der Waals surface area contributed by atoms with Crippen LogP contribution < -0.4 is 5.73 Å². The molecule has 2 aliphatic rings. The van der Waals surface area contributed by atoms with Crippen molar-refractivity contribution in [1.82, 2.24) is 9.80 Å². The van der Waals surface area contributed by atoms with Gasteiger partial charge >= 0.3 is 0 Å². The van der Waals surface area contributed by atoms with Crippen LogP contribution in [0.15, 0.2) is 28.7 Å². The molecule has 1 aromatic rings. The molecule has 2 aliphatic heterocycles. The Bertz CT molecular complexity index is 479. The first kappa shape index (κ1) is 14.5. The predicted octanol–water partition coefficient (Wildman–Crippen LogP) is 2.45. The van der Waals surface area contributed by atoms with Gasteiger partial charge in [0, 0.05) is 35.7 Å². The summed E-state index contributed by atoms with van der Waals surface area (Å²) in [5, 5.41) is 0. The summed E-state index contributed by atoms with van der Waals surface area (Å²) in [7, 11) is 2.24. The average Bonchev–Trinajstić information content (AvgIpc) is 3.03. The van der Waals surface area contributed by atoms with Gasteiger partial charge in [0.2, 0.25) is 0 Å². The highest BCUT2D eigenvalue weighted by Gasteiger charge is 2.50. The summed E-state index contributed by atoms with van der Waals surface area (Å²) in [4.78, 5) is 5.15. The van der Waals surface area contributed by atoms with Crippen LogP contribution in [0.25, 0.3) is 0 Å². The van der Waals surface area contributed by atoms with Crippen molar-refractivity contribution >= 4 is 15.9 Å². The Balaban J connectivity index is 1.81. The van der Waals surface area contributed by atoms with Crippen LogP contribution in [-0.2, 0) is 6.54 Å². The van der Waals surface area contributed by atoms with E-state index in [0.717, 1.165) is 13.1 Å². The number of hydrogen-bond acceptors (Lipinski definition) is 3. The van der Waals surface area contributed by atoms with Crippen molar-refractivity contribution in [1.29, 1.82) is 0 Å². The van der Waals surface area contributed by atoms with Crippen LogP contribution in [0.5, 0.6) is 0 Å². The molecule has 2 fully saturated rings. The highest BCUT2D eigenvalue weighted by atomic mass is 79.9. The van der Waals surface area contributed by atoms with E-state index in [4.69, 9.17) is 5.73 Å². The molecule has 3 rings (SSSR count). The fraction of sp³-hybridized carbons (Fsp3) is 0.625. The normalized spacial score (nSPS) is 30.1. The molecule has 0 radical (unpaired) electrons. The molecule has 4 heteroatoms. The van der Waals surface area contributed by atoms with E-state index in [1.54, 1.807) is 0 Å². The van der Waals surface area contributed by atoms with E-state index in [1.165, 1.54) is 42.4 Å². The largest absolute Gasteiger partial charge is 0.329 e. The maximum absolute atomic E-state index is 6.24. The molecule has 0 bridgehead atoms. The molecule has 2 N–H and O–H groups in total. The molecule has 2 heterocycles. The zero-order valence-corrected chi connectivity index (χ0v) is 13.8. The van der Waals surface area contributed by atoms with Crippen molar-refractivity contribution in [3.05, 3.63) is 34.3 Å². The minimum absolute atomic E-state index is 0.159. The monoisotopic (exact) mass is 337 g/mol. The van der Waals surface area contributed by atoms with E-state index in [0.29, 0.717) is 6.04 Å². The fourth-order valence-electron chi connectivity index (χ4n) is 4.08. The van der Waals surface area contributed by atoms with Gasteiger partial charge in [0.1, 0.15) is 0 Å². The number of hydrogen-bond donors (Lipinski definition) is 1. The molecular weight excluding hydrogens is 314 g/mol. The second-order valence-electron chi connectivity index (χ2n) is 6.20. The molecule has 0 aromatic heterocycles. The molecule has 1 aromatic carbocycles. The topological polar surface area (TPSA) is 32.5 Å². The molecule has 0 aliphatic carbocycles. The summed E-state index contributed by atoms with van der Waals surface area (Å²) >= 11 is 3.66. The zero-order valence-electron chi connectivity index (χ0n) is 12.2. The summed E-state index contributed by atoms with van der Waals surface area (Å²) in [5.41, 5.74) is 7.74. The molecule has 0 amide bonds. The second kappa shape index (κ2) is 5.76. The zero-order chi connectivity index (χ0) is 14.2. The smallest absolute Gasteiger partial charge is 0.0499 e.